The lowest BCUT2D eigenvalue weighted by Crippen LogP contribution is -1.87. The van der Waals surface area contributed by atoms with Gasteiger partial charge in [-0.25, -0.2) is 14.4 Å². The van der Waals surface area contributed by atoms with Gasteiger partial charge in [-0.15, -0.1) is 0 Å². The molecule has 5 heterocycles. The van der Waals surface area contributed by atoms with Gasteiger partial charge in [0.15, 0.2) is 11.5 Å². The summed E-state index contributed by atoms with van der Waals surface area (Å²) in [5, 5.41) is 17.8. The number of fused-ring (bicyclic) bond motifs is 2. The van der Waals surface area contributed by atoms with Crippen LogP contribution in [0.3, 0.4) is 0 Å². The number of H-pyrrole nitrogens is 2. The van der Waals surface area contributed by atoms with Crippen molar-refractivity contribution in [3.05, 3.63) is 73.1 Å². The van der Waals surface area contributed by atoms with E-state index >= 15 is 0 Å². The second kappa shape index (κ2) is 6.95. The standard InChI is InChI=1S/C23H14FN7O/c24-15-3-1-2-12(6-15)19-21-18(4-5-26-19)28-23(29-21)20-17-8-14(10-27-22(17)31-30-20)13-7-16(32)11-25-9-13/h1-11,32H,(H,28,29)(H,27,30,31). The van der Waals surface area contributed by atoms with E-state index in [1.165, 1.54) is 18.3 Å². The quantitative estimate of drug-likeness (QED) is 0.387. The number of rotatable bonds is 3. The van der Waals surface area contributed by atoms with Crippen molar-refractivity contribution < 1.29 is 9.50 Å². The Morgan fingerprint density at radius 3 is 2.66 bits per heavy atom. The smallest absolute Gasteiger partial charge is 0.159 e. The predicted octanol–water partition coefficient (Wildman–Crippen LogP) is 4.47. The Hall–Kier alpha value is -4.66. The molecule has 9 heteroatoms. The molecule has 0 fully saturated rings. The van der Waals surface area contributed by atoms with Crippen molar-refractivity contribution in [2.45, 2.75) is 0 Å². The maximum atomic E-state index is 13.8. The van der Waals surface area contributed by atoms with Crippen LogP contribution in [0.4, 0.5) is 4.39 Å². The fraction of sp³-hybridized carbons (Fsp3) is 0. The van der Waals surface area contributed by atoms with Crippen molar-refractivity contribution in [3.63, 3.8) is 0 Å². The molecule has 0 aliphatic heterocycles. The van der Waals surface area contributed by atoms with E-state index < -0.39 is 0 Å². The molecule has 0 saturated carbocycles. The zero-order valence-corrected chi connectivity index (χ0v) is 16.4. The van der Waals surface area contributed by atoms with Gasteiger partial charge in [0.05, 0.1) is 22.8 Å². The van der Waals surface area contributed by atoms with Gasteiger partial charge in [-0.2, -0.15) is 5.10 Å². The second-order valence-electron chi connectivity index (χ2n) is 7.28. The fourth-order valence-corrected chi connectivity index (χ4v) is 3.72. The minimum Gasteiger partial charge on any atom is -0.506 e. The molecule has 154 valence electrons. The van der Waals surface area contributed by atoms with Gasteiger partial charge in [0.25, 0.3) is 0 Å². The first-order chi connectivity index (χ1) is 15.7. The van der Waals surface area contributed by atoms with E-state index in [-0.39, 0.29) is 11.6 Å². The zero-order valence-electron chi connectivity index (χ0n) is 16.4. The van der Waals surface area contributed by atoms with Gasteiger partial charge >= 0.3 is 0 Å². The van der Waals surface area contributed by atoms with Crippen molar-refractivity contribution in [1.29, 1.82) is 0 Å². The Bertz CT molecular complexity index is 1620. The number of pyridine rings is 3. The van der Waals surface area contributed by atoms with Crippen LogP contribution in [-0.4, -0.2) is 40.2 Å². The molecule has 8 nitrogen and oxygen atoms in total. The van der Waals surface area contributed by atoms with Gasteiger partial charge in [0.1, 0.15) is 22.8 Å². The fourth-order valence-electron chi connectivity index (χ4n) is 3.72. The summed E-state index contributed by atoms with van der Waals surface area (Å²) < 4.78 is 13.8. The molecule has 6 rings (SSSR count). The number of nitrogens with zero attached hydrogens (tertiary/aromatic N) is 5. The Morgan fingerprint density at radius 2 is 1.78 bits per heavy atom. The third kappa shape index (κ3) is 2.95. The van der Waals surface area contributed by atoms with Crippen LogP contribution < -0.4 is 0 Å². The van der Waals surface area contributed by atoms with E-state index in [4.69, 9.17) is 4.98 Å². The molecule has 0 saturated heterocycles. The van der Waals surface area contributed by atoms with Crippen molar-refractivity contribution >= 4 is 22.1 Å². The molecular formula is C23H14FN7O. The summed E-state index contributed by atoms with van der Waals surface area (Å²) in [6, 6.07) is 11.6. The number of imidazole rings is 1. The van der Waals surface area contributed by atoms with Crippen LogP contribution in [0.1, 0.15) is 0 Å². The molecule has 0 spiro atoms. The monoisotopic (exact) mass is 423 g/mol. The third-order valence-electron chi connectivity index (χ3n) is 5.20. The Balaban J connectivity index is 1.51. The van der Waals surface area contributed by atoms with Crippen molar-refractivity contribution in [1.82, 2.24) is 35.1 Å². The number of aromatic hydroxyl groups is 1. The Morgan fingerprint density at radius 1 is 0.875 bits per heavy atom. The number of halogens is 1. The maximum absolute atomic E-state index is 13.8. The summed E-state index contributed by atoms with van der Waals surface area (Å²) in [6.45, 7) is 0. The van der Waals surface area contributed by atoms with Crippen LogP contribution in [0.5, 0.6) is 5.75 Å². The minimum absolute atomic E-state index is 0.0738. The first kappa shape index (κ1) is 18.1. The van der Waals surface area contributed by atoms with E-state index in [2.05, 4.69) is 30.1 Å². The van der Waals surface area contributed by atoms with E-state index in [0.717, 1.165) is 22.0 Å². The van der Waals surface area contributed by atoms with Crippen molar-refractivity contribution in [3.8, 4) is 39.7 Å². The molecule has 5 aromatic heterocycles. The van der Waals surface area contributed by atoms with E-state index in [1.54, 1.807) is 36.8 Å². The molecule has 0 aliphatic carbocycles. The Kier molecular flexibility index (Phi) is 3.94. The highest BCUT2D eigenvalue weighted by atomic mass is 19.1. The van der Waals surface area contributed by atoms with Gasteiger partial charge in [-0.1, -0.05) is 12.1 Å². The number of benzene rings is 1. The number of hydrogen-bond donors (Lipinski definition) is 3. The molecule has 0 unspecified atom stereocenters. The number of aromatic nitrogens is 7. The highest BCUT2D eigenvalue weighted by molar-refractivity contribution is 5.96. The molecule has 0 aliphatic rings. The molecule has 3 N–H and O–H groups in total. The normalized spacial score (nSPS) is 11.4. The lowest BCUT2D eigenvalue weighted by atomic mass is 10.1. The molecule has 0 radical (unpaired) electrons. The average molecular weight is 423 g/mol. The topological polar surface area (TPSA) is 116 Å². The molecule has 0 atom stereocenters. The summed E-state index contributed by atoms with van der Waals surface area (Å²) >= 11 is 0. The molecule has 32 heavy (non-hydrogen) atoms. The summed E-state index contributed by atoms with van der Waals surface area (Å²) in [5.41, 5.74) is 5.28. The molecular weight excluding hydrogens is 409 g/mol. The molecule has 6 aromatic rings. The van der Waals surface area contributed by atoms with Gasteiger partial charge < -0.3 is 10.1 Å². The maximum Gasteiger partial charge on any atom is 0.159 e. The number of aromatic amines is 2. The summed E-state index contributed by atoms with van der Waals surface area (Å²) in [7, 11) is 0. The van der Waals surface area contributed by atoms with Crippen LogP contribution >= 0.6 is 0 Å². The lowest BCUT2D eigenvalue weighted by molar-refractivity contribution is 0.473. The van der Waals surface area contributed by atoms with Gasteiger partial charge in [0, 0.05) is 35.3 Å². The van der Waals surface area contributed by atoms with Gasteiger partial charge in [-0.05, 0) is 30.3 Å². The molecule has 0 amide bonds. The third-order valence-corrected chi connectivity index (χ3v) is 5.20. The highest BCUT2D eigenvalue weighted by Gasteiger charge is 2.17. The van der Waals surface area contributed by atoms with Crippen LogP contribution in [0, 0.1) is 5.82 Å². The highest BCUT2D eigenvalue weighted by Crippen LogP contribution is 2.32. The SMILES string of the molecule is Oc1cncc(-c2cnc3[nH]nc(-c4nc5c(-c6cccc(F)c6)nccc5[nH]4)c3c2)c1. The molecule has 1 aromatic carbocycles. The number of nitrogens with one attached hydrogen (secondary N) is 2. The summed E-state index contributed by atoms with van der Waals surface area (Å²) in [5.74, 6) is 0.268. The van der Waals surface area contributed by atoms with Crippen LogP contribution in [0.15, 0.2) is 67.3 Å². The number of hydrogen-bond acceptors (Lipinski definition) is 6. The first-order valence-electron chi connectivity index (χ1n) is 9.75. The van der Waals surface area contributed by atoms with E-state index in [0.29, 0.717) is 33.9 Å². The van der Waals surface area contributed by atoms with Crippen LogP contribution in [0.25, 0.3) is 56.0 Å². The van der Waals surface area contributed by atoms with E-state index in [1.807, 2.05) is 12.1 Å². The summed E-state index contributed by atoms with van der Waals surface area (Å²) in [4.78, 5) is 20.9. The van der Waals surface area contributed by atoms with Crippen LogP contribution in [-0.2, 0) is 0 Å². The Labute approximate surface area is 179 Å². The predicted molar refractivity (Wildman–Crippen MR) is 117 cm³/mol. The van der Waals surface area contributed by atoms with E-state index in [9.17, 15) is 9.50 Å². The van der Waals surface area contributed by atoms with Crippen molar-refractivity contribution in [2.75, 3.05) is 0 Å². The van der Waals surface area contributed by atoms with Gasteiger partial charge in [0.2, 0.25) is 0 Å². The van der Waals surface area contributed by atoms with Crippen LogP contribution in [0.2, 0.25) is 0 Å². The lowest BCUT2D eigenvalue weighted by Gasteiger charge is -2.02. The first-order valence-corrected chi connectivity index (χ1v) is 9.75. The molecule has 0 bridgehead atoms. The average Bonchev–Trinajstić information content (AvgIpc) is 3.42. The second-order valence-corrected chi connectivity index (χ2v) is 7.28. The van der Waals surface area contributed by atoms with Gasteiger partial charge in [-0.3, -0.25) is 15.1 Å². The largest absolute Gasteiger partial charge is 0.506 e. The minimum atomic E-state index is -0.338. The summed E-state index contributed by atoms with van der Waals surface area (Å²) in [6.07, 6.45) is 6.37. The zero-order chi connectivity index (χ0) is 21.7. The van der Waals surface area contributed by atoms with Crippen molar-refractivity contribution in [2.24, 2.45) is 0 Å².